The van der Waals surface area contributed by atoms with Crippen LogP contribution in [0, 0.1) is 6.92 Å². The molecule has 0 fully saturated rings. The summed E-state index contributed by atoms with van der Waals surface area (Å²) in [5, 5.41) is 10.1. The standard InChI is InChI=1S/C21H28N4O3/c1-14-6-5-7-15(12-14)8-9-18(26)22-19-16-10-11-25(13-17(16)23-24-19)20(27)28-21(2,3)4/h5-7,12H,8-11,13H2,1-4H3,(H2,22,23,24,26). The normalized spacial score (nSPS) is 13.8. The number of fused-ring (bicyclic) bond motifs is 1. The Morgan fingerprint density at radius 3 is 2.82 bits per heavy atom. The fourth-order valence-corrected chi connectivity index (χ4v) is 3.22. The van der Waals surface area contributed by atoms with E-state index in [1.807, 2.05) is 45.9 Å². The van der Waals surface area contributed by atoms with Crippen molar-refractivity contribution in [3.63, 3.8) is 0 Å². The van der Waals surface area contributed by atoms with Crippen molar-refractivity contribution < 1.29 is 14.3 Å². The Bertz CT molecular complexity index is 867. The molecule has 0 saturated carbocycles. The second-order valence-electron chi connectivity index (χ2n) is 8.22. The van der Waals surface area contributed by atoms with E-state index in [2.05, 4.69) is 21.6 Å². The van der Waals surface area contributed by atoms with Crippen molar-refractivity contribution in [2.45, 2.75) is 59.1 Å². The lowest BCUT2D eigenvalue weighted by molar-refractivity contribution is -0.116. The number of carbonyl (C=O) groups excluding carboxylic acids is 2. The zero-order valence-corrected chi connectivity index (χ0v) is 17.0. The zero-order chi connectivity index (χ0) is 20.3. The van der Waals surface area contributed by atoms with Crippen LogP contribution in [0.2, 0.25) is 0 Å². The number of hydrogen-bond donors (Lipinski definition) is 2. The fraction of sp³-hybridized carbons (Fsp3) is 0.476. The molecule has 0 aliphatic carbocycles. The summed E-state index contributed by atoms with van der Waals surface area (Å²) in [6.45, 7) is 8.52. The molecule has 0 unspecified atom stereocenters. The predicted octanol–water partition coefficient (Wildman–Crippen LogP) is 3.58. The van der Waals surface area contributed by atoms with Gasteiger partial charge in [0.2, 0.25) is 5.91 Å². The Morgan fingerprint density at radius 2 is 2.11 bits per heavy atom. The van der Waals surface area contributed by atoms with Crippen LogP contribution < -0.4 is 5.32 Å². The molecule has 0 saturated heterocycles. The van der Waals surface area contributed by atoms with Crippen molar-refractivity contribution in [1.29, 1.82) is 0 Å². The monoisotopic (exact) mass is 384 g/mol. The summed E-state index contributed by atoms with van der Waals surface area (Å²) < 4.78 is 5.43. The van der Waals surface area contributed by atoms with Crippen LogP contribution in [-0.2, 0) is 28.9 Å². The number of aromatic nitrogens is 2. The molecule has 150 valence electrons. The van der Waals surface area contributed by atoms with Gasteiger partial charge in [0.25, 0.3) is 0 Å². The van der Waals surface area contributed by atoms with E-state index in [9.17, 15) is 9.59 Å². The number of H-pyrrole nitrogens is 1. The molecule has 1 aliphatic rings. The number of hydrogen-bond acceptors (Lipinski definition) is 4. The van der Waals surface area contributed by atoms with Crippen LogP contribution >= 0.6 is 0 Å². The molecule has 0 atom stereocenters. The first-order chi connectivity index (χ1) is 13.2. The lowest BCUT2D eigenvalue weighted by Gasteiger charge is -2.29. The summed E-state index contributed by atoms with van der Waals surface area (Å²) in [4.78, 5) is 26.2. The third kappa shape index (κ3) is 5.12. The quantitative estimate of drug-likeness (QED) is 0.843. The van der Waals surface area contributed by atoms with Crippen molar-refractivity contribution >= 4 is 17.8 Å². The maximum Gasteiger partial charge on any atom is 0.410 e. The van der Waals surface area contributed by atoms with Crippen molar-refractivity contribution in [1.82, 2.24) is 15.1 Å². The molecule has 1 aliphatic heterocycles. The molecule has 0 bridgehead atoms. The van der Waals surface area contributed by atoms with Crippen molar-refractivity contribution in [2.75, 3.05) is 11.9 Å². The van der Waals surface area contributed by atoms with Gasteiger partial charge in [-0.1, -0.05) is 29.8 Å². The summed E-state index contributed by atoms with van der Waals surface area (Å²) >= 11 is 0. The van der Waals surface area contributed by atoms with Gasteiger partial charge in [-0.05, 0) is 46.1 Å². The summed E-state index contributed by atoms with van der Waals surface area (Å²) in [6, 6.07) is 8.17. The number of anilines is 1. The molecule has 1 aromatic heterocycles. The highest BCUT2D eigenvalue weighted by Gasteiger charge is 2.28. The minimum atomic E-state index is -0.526. The molecule has 2 amide bonds. The van der Waals surface area contributed by atoms with Crippen LogP contribution in [0.3, 0.4) is 0 Å². The molecular formula is C21H28N4O3. The van der Waals surface area contributed by atoms with E-state index in [0.717, 1.165) is 16.8 Å². The lowest BCUT2D eigenvalue weighted by atomic mass is 10.1. The van der Waals surface area contributed by atoms with Crippen LogP contribution in [-0.4, -0.2) is 39.2 Å². The van der Waals surface area contributed by atoms with Crippen LogP contribution in [0.1, 0.15) is 49.6 Å². The largest absolute Gasteiger partial charge is 0.444 e. The van der Waals surface area contributed by atoms with E-state index in [1.165, 1.54) is 5.56 Å². The van der Waals surface area contributed by atoms with Crippen molar-refractivity contribution in [3.8, 4) is 0 Å². The van der Waals surface area contributed by atoms with Gasteiger partial charge in [0.05, 0.1) is 12.2 Å². The smallest absolute Gasteiger partial charge is 0.410 e. The van der Waals surface area contributed by atoms with Gasteiger partial charge >= 0.3 is 6.09 Å². The average molecular weight is 384 g/mol. The minimum absolute atomic E-state index is 0.0645. The van der Waals surface area contributed by atoms with Crippen LogP contribution in [0.15, 0.2) is 24.3 Å². The van der Waals surface area contributed by atoms with Gasteiger partial charge in [0.15, 0.2) is 5.82 Å². The Labute approximate surface area is 165 Å². The number of rotatable bonds is 4. The van der Waals surface area contributed by atoms with Gasteiger partial charge in [-0.25, -0.2) is 4.79 Å². The molecule has 2 N–H and O–H groups in total. The van der Waals surface area contributed by atoms with E-state index in [-0.39, 0.29) is 12.0 Å². The SMILES string of the molecule is Cc1cccc(CCC(=O)Nc2n[nH]c3c2CCN(C(=O)OC(C)(C)C)C3)c1. The van der Waals surface area contributed by atoms with E-state index >= 15 is 0 Å². The lowest BCUT2D eigenvalue weighted by Crippen LogP contribution is -2.39. The molecule has 7 heteroatoms. The molecule has 1 aromatic carbocycles. The molecule has 7 nitrogen and oxygen atoms in total. The van der Waals surface area contributed by atoms with Gasteiger partial charge in [0, 0.05) is 18.5 Å². The Balaban J connectivity index is 1.56. The second-order valence-corrected chi connectivity index (χ2v) is 8.22. The van der Waals surface area contributed by atoms with Gasteiger partial charge in [-0.3, -0.25) is 9.89 Å². The van der Waals surface area contributed by atoms with Gasteiger partial charge in [-0.15, -0.1) is 0 Å². The first-order valence-corrected chi connectivity index (χ1v) is 9.61. The van der Waals surface area contributed by atoms with Crippen LogP contribution in [0.4, 0.5) is 10.6 Å². The second kappa shape index (κ2) is 8.04. The van der Waals surface area contributed by atoms with Crippen LogP contribution in [0.5, 0.6) is 0 Å². The van der Waals surface area contributed by atoms with E-state index in [4.69, 9.17) is 4.74 Å². The number of aryl methyl sites for hydroxylation is 2. The third-order valence-corrected chi connectivity index (χ3v) is 4.57. The van der Waals surface area contributed by atoms with E-state index in [0.29, 0.717) is 38.2 Å². The van der Waals surface area contributed by atoms with Gasteiger partial charge < -0.3 is 15.0 Å². The maximum atomic E-state index is 12.3. The summed E-state index contributed by atoms with van der Waals surface area (Å²) in [6.07, 6.45) is 1.37. The third-order valence-electron chi connectivity index (χ3n) is 4.57. The van der Waals surface area contributed by atoms with Crippen molar-refractivity contribution in [3.05, 3.63) is 46.6 Å². The topological polar surface area (TPSA) is 87.3 Å². The summed E-state index contributed by atoms with van der Waals surface area (Å²) in [5.74, 6) is 0.499. The van der Waals surface area contributed by atoms with Crippen molar-refractivity contribution in [2.24, 2.45) is 0 Å². The highest BCUT2D eigenvalue weighted by molar-refractivity contribution is 5.90. The predicted molar refractivity (Wildman–Crippen MR) is 107 cm³/mol. The molecule has 0 radical (unpaired) electrons. The molecular weight excluding hydrogens is 356 g/mol. The average Bonchev–Trinajstić information content (AvgIpc) is 3.01. The van der Waals surface area contributed by atoms with Crippen LogP contribution in [0.25, 0.3) is 0 Å². The van der Waals surface area contributed by atoms with Gasteiger partial charge in [-0.2, -0.15) is 5.10 Å². The minimum Gasteiger partial charge on any atom is -0.444 e. The molecule has 2 heterocycles. The van der Waals surface area contributed by atoms with E-state index in [1.54, 1.807) is 4.90 Å². The number of amides is 2. The number of nitrogens with one attached hydrogen (secondary N) is 2. The zero-order valence-electron chi connectivity index (χ0n) is 17.0. The van der Waals surface area contributed by atoms with E-state index < -0.39 is 5.60 Å². The fourth-order valence-electron chi connectivity index (χ4n) is 3.22. The highest BCUT2D eigenvalue weighted by atomic mass is 16.6. The molecule has 2 aromatic rings. The Kier molecular flexibility index (Phi) is 5.72. The number of nitrogens with zero attached hydrogens (tertiary/aromatic N) is 2. The number of aromatic amines is 1. The summed E-state index contributed by atoms with van der Waals surface area (Å²) in [5.41, 5.74) is 3.61. The summed E-state index contributed by atoms with van der Waals surface area (Å²) in [7, 11) is 0. The molecule has 3 rings (SSSR count). The first kappa shape index (κ1) is 19.9. The number of carbonyl (C=O) groups is 2. The maximum absolute atomic E-state index is 12.3. The first-order valence-electron chi connectivity index (χ1n) is 9.61. The Morgan fingerprint density at radius 1 is 1.32 bits per heavy atom. The number of benzene rings is 1. The molecule has 28 heavy (non-hydrogen) atoms. The number of ether oxygens (including phenoxy) is 1. The van der Waals surface area contributed by atoms with Gasteiger partial charge in [0.1, 0.15) is 5.60 Å². The highest BCUT2D eigenvalue weighted by Crippen LogP contribution is 2.25. The molecule has 0 spiro atoms. The Hall–Kier alpha value is -2.83.